The molecule has 28 heavy (non-hydrogen) atoms. The van der Waals surface area contributed by atoms with Gasteiger partial charge in [-0.2, -0.15) is 5.26 Å². The van der Waals surface area contributed by atoms with Crippen molar-refractivity contribution in [3.05, 3.63) is 71.0 Å². The van der Waals surface area contributed by atoms with Gasteiger partial charge in [-0.05, 0) is 54.2 Å². The number of carbonyl (C=O) groups is 1. The number of amides is 1. The summed E-state index contributed by atoms with van der Waals surface area (Å²) in [5.41, 5.74) is 2.48. The first-order chi connectivity index (χ1) is 13.5. The number of carbonyl (C=O) groups excluding carboxylic acids is 1. The Hall–Kier alpha value is -2.71. The number of likely N-dealkylation sites (tertiary alicyclic amines) is 1. The van der Waals surface area contributed by atoms with Crippen molar-refractivity contribution in [3.8, 4) is 6.07 Å². The molecule has 146 valence electrons. The Bertz CT molecular complexity index is 836. The average molecular weight is 379 g/mol. The van der Waals surface area contributed by atoms with Crippen LogP contribution in [0, 0.1) is 23.1 Å². The summed E-state index contributed by atoms with van der Waals surface area (Å²) in [5.74, 6) is 0.523. The van der Waals surface area contributed by atoms with E-state index in [2.05, 4.69) is 13.0 Å². The topological polar surface area (TPSA) is 47.3 Å². The smallest absolute Gasteiger partial charge is 0.236 e. The van der Waals surface area contributed by atoms with Gasteiger partial charge >= 0.3 is 0 Å². The molecule has 1 aliphatic rings. The second kappa shape index (κ2) is 9.48. The molecule has 5 heteroatoms. The predicted molar refractivity (Wildman–Crippen MR) is 107 cm³/mol. The number of nitriles is 1. The van der Waals surface area contributed by atoms with Crippen molar-refractivity contribution in [2.45, 2.75) is 32.9 Å². The predicted octanol–water partition coefficient (Wildman–Crippen LogP) is 3.96. The first-order valence-electron chi connectivity index (χ1n) is 9.77. The van der Waals surface area contributed by atoms with Crippen LogP contribution in [0.3, 0.4) is 0 Å². The maximum atomic E-state index is 13.6. The molecule has 0 bridgehead atoms. The zero-order valence-electron chi connectivity index (χ0n) is 16.3. The molecule has 1 fully saturated rings. The van der Waals surface area contributed by atoms with Gasteiger partial charge in [0, 0.05) is 26.2 Å². The van der Waals surface area contributed by atoms with Crippen LogP contribution in [0.4, 0.5) is 4.39 Å². The highest BCUT2D eigenvalue weighted by Gasteiger charge is 2.22. The van der Waals surface area contributed by atoms with E-state index in [1.165, 1.54) is 12.1 Å². The summed E-state index contributed by atoms with van der Waals surface area (Å²) in [7, 11) is 0. The third-order valence-corrected chi connectivity index (χ3v) is 5.28. The van der Waals surface area contributed by atoms with Gasteiger partial charge in [-0.3, -0.25) is 9.69 Å². The standard InChI is InChI=1S/C23H26FN3O/c1-18-9-11-27(12-10-18)23(28)17-26(16-21-3-2-4-22(24)13-21)15-20-7-5-19(14-25)6-8-20/h2-8,13,18H,9-12,15-17H2,1H3. The number of hydrogen-bond donors (Lipinski definition) is 0. The molecule has 2 aromatic carbocycles. The molecule has 0 N–H and O–H groups in total. The minimum Gasteiger partial charge on any atom is -0.342 e. The van der Waals surface area contributed by atoms with Gasteiger partial charge in [0.05, 0.1) is 18.2 Å². The van der Waals surface area contributed by atoms with Gasteiger partial charge in [0.2, 0.25) is 5.91 Å². The zero-order valence-corrected chi connectivity index (χ0v) is 16.3. The van der Waals surface area contributed by atoms with Crippen LogP contribution in [0.25, 0.3) is 0 Å². The normalized spacial score (nSPS) is 14.9. The van der Waals surface area contributed by atoms with Crippen molar-refractivity contribution in [1.82, 2.24) is 9.80 Å². The van der Waals surface area contributed by atoms with Crippen molar-refractivity contribution in [2.75, 3.05) is 19.6 Å². The molecule has 1 saturated heterocycles. The van der Waals surface area contributed by atoms with Crippen molar-refractivity contribution in [3.63, 3.8) is 0 Å². The second-order valence-electron chi connectivity index (χ2n) is 7.65. The number of hydrogen-bond acceptors (Lipinski definition) is 3. The van der Waals surface area contributed by atoms with Gasteiger partial charge in [0.25, 0.3) is 0 Å². The summed E-state index contributed by atoms with van der Waals surface area (Å²) in [6.07, 6.45) is 2.09. The third-order valence-electron chi connectivity index (χ3n) is 5.28. The Morgan fingerprint density at radius 1 is 1.14 bits per heavy atom. The van der Waals surface area contributed by atoms with E-state index in [1.807, 2.05) is 28.0 Å². The molecule has 0 spiro atoms. The lowest BCUT2D eigenvalue weighted by molar-refractivity contribution is -0.134. The summed E-state index contributed by atoms with van der Waals surface area (Å²) >= 11 is 0. The van der Waals surface area contributed by atoms with Gasteiger partial charge < -0.3 is 4.90 Å². The Balaban J connectivity index is 1.71. The van der Waals surface area contributed by atoms with Crippen LogP contribution in [0.5, 0.6) is 0 Å². The minimum atomic E-state index is -0.271. The van der Waals surface area contributed by atoms with Gasteiger partial charge in [-0.25, -0.2) is 4.39 Å². The van der Waals surface area contributed by atoms with E-state index >= 15 is 0 Å². The van der Waals surface area contributed by atoms with Gasteiger partial charge in [-0.15, -0.1) is 0 Å². The van der Waals surface area contributed by atoms with Crippen LogP contribution in [-0.2, 0) is 17.9 Å². The Labute approximate surface area is 166 Å². The fourth-order valence-corrected chi connectivity index (χ4v) is 3.55. The summed E-state index contributed by atoms with van der Waals surface area (Å²) < 4.78 is 13.6. The lowest BCUT2D eigenvalue weighted by Crippen LogP contribution is -2.43. The van der Waals surface area contributed by atoms with Crippen LogP contribution in [0.2, 0.25) is 0 Å². The minimum absolute atomic E-state index is 0.122. The molecule has 1 heterocycles. The molecular weight excluding hydrogens is 353 g/mol. The second-order valence-corrected chi connectivity index (χ2v) is 7.65. The molecule has 1 aliphatic heterocycles. The van der Waals surface area contributed by atoms with E-state index in [0.29, 0.717) is 31.1 Å². The molecule has 2 aromatic rings. The molecule has 0 radical (unpaired) electrons. The lowest BCUT2D eigenvalue weighted by atomic mass is 9.99. The number of benzene rings is 2. The summed E-state index contributed by atoms with van der Waals surface area (Å²) in [5, 5.41) is 8.97. The number of rotatable bonds is 6. The van der Waals surface area contributed by atoms with Crippen LogP contribution in [0.1, 0.15) is 36.5 Å². The highest BCUT2D eigenvalue weighted by atomic mass is 19.1. The van der Waals surface area contributed by atoms with Crippen molar-refractivity contribution in [2.24, 2.45) is 5.92 Å². The molecule has 0 saturated carbocycles. The summed E-state index contributed by atoms with van der Waals surface area (Å²) in [6.45, 7) is 5.20. The highest BCUT2D eigenvalue weighted by Crippen LogP contribution is 2.17. The summed E-state index contributed by atoms with van der Waals surface area (Å²) in [6, 6.07) is 16.0. The number of nitrogens with zero attached hydrogens (tertiary/aromatic N) is 3. The van der Waals surface area contributed by atoms with Crippen molar-refractivity contribution < 1.29 is 9.18 Å². The Morgan fingerprint density at radius 2 is 1.82 bits per heavy atom. The van der Waals surface area contributed by atoms with E-state index in [0.717, 1.165) is 37.1 Å². The molecule has 3 rings (SSSR count). The fraction of sp³-hybridized carbons (Fsp3) is 0.391. The number of piperidine rings is 1. The molecular formula is C23H26FN3O. The zero-order chi connectivity index (χ0) is 19.9. The van der Waals surface area contributed by atoms with E-state index in [9.17, 15) is 9.18 Å². The van der Waals surface area contributed by atoms with Crippen LogP contribution < -0.4 is 0 Å². The van der Waals surface area contributed by atoms with Gasteiger partial charge in [-0.1, -0.05) is 31.2 Å². The average Bonchev–Trinajstić information content (AvgIpc) is 2.69. The molecule has 0 aliphatic carbocycles. The number of halogens is 1. The monoisotopic (exact) mass is 379 g/mol. The maximum Gasteiger partial charge on any atom is 0.236 e. The van der Waals surface area contributed by atoms with Crippen LogP contribution in [-0.4, -0.2) is 35.3 Å². The Kier molecular flexibility index (Phi) is 6.78. The van der Waals surface area contributed by atoms with E-state index in [-0.39, 0.29) is 11.7 Å². The highest BCUT2D eigenvalue weighted by molar-refractivity contribution is 5.78. The van der Waals surface area contributed by atoms with Gasteiger partial charge in [0.1, 0.15) is 5.82 Å². The molecule has 0 atom stereocenters. The quantitative estimate of drug-likeness (QED) is 0.763. The van der Waals surface area contributed by atoms with Crippen LogP contribution in [0.15, 0.2) is 48.5 Å². The lowest BCUT2D eigenvalue weighted by Gasteiger charge is -2.32. The first-order valence-corrected chi connectivity index (χ1v) is 9.77. The van der Waals surface area contributed by atoms with E-state index in [1.54, 1.807) is 18.2 Å². The molecule has 4 nitrogen and oxygen atoms in total. The van der Waals surface area contributed by atoms with Gasteiger partial charge in [0.15, 0.2) is 0 Å². The van der Waals surface area contributed by atoms with E-state index in [4.69, 9.17) is 5.26 Å². The fourth-order valence-electron chi connectivity index (χ4n) is 3.55. The third kappa shape index (κ3) is 5.64. The maximum absolute atomic E-state index is 13.6. The molecule has 0 unspecified atom stereocenters. The molecule has 1 amide bonds. The largest absolute Gasteiger partial charge is 0.342 e. The Morgan fingerprint density at radius 3 is 2.46 bits per heavy atom. The van der Waals surface area contributed by atoms with E-state index < -0.39 is 0 Å². The summed E-state index contributed by atoms with van der Waals surface area (Å²) in [4.78, 5) is 16.8. The van der Waals surface area contributed by atoms with Crippen molar-refractivity contribution >= 4 is 5.91 Å². The molecule has 0 aromatic heterocycles. The first kappa shape index (κ1) is 20.0. The van der Waals surface area contributed by atoms with Crippen LogP contribution >= 0.6 is 0 Å². The van der Waals surface area contributed by atoms with Crippen molar-refractivity contribution in [1.29, 1.82) is 5.26 Å². The SMILES string of the molecule is CC1CCN(C(=O)CN(Cc2ccc(C#N)cc2)Cc2cccc(F)c2)CC1.